The number of aromatic nitrogens is 2. The summed E-state index contributed by atoms with van der Waals surface area (Å²) in [5.41, 5.74) is 2.08. The van der Waals surface area contributed by atoms with Crippen LogP contribution in [-0.4, -0.2) is 38.3 Å². The molecule has 5 nitrogen and oxygen atoms in total. The molecule has 0 aliphatic heterocycles. The van der Waals surface area contributed by atoms with Gasteiger partial charge in [-0.3, -0.25) is 14.4 Å². The Bertz CT molecular complexity index is 445. The second-order valence-corrected chi connectivity index (χ2v) is 5.46. The van der Waals surface area contributed by atoms with Crippen molar-refractivity contribution in [3.8, 4) is 0 Å². The van der Waals surface area contributed by atoms with Crippen molar-refractivity contribution in [1.82, 2.24) is 14.7 Å². The Morgan fingerprint density at radius 3 is 2.63 bits per heavy atom. The lowest BCUT2D eigenvalue weighted by Gasteiger charge is -2.27. The summed E-state index contributed by atoms with van der Waals surface area (Å²) in [6, 6.07) is 0.00918. The maximum absolute atomic E-state index is 10.8. The van der Waals surface area contributed by atoms with Gasteiger partial charge in [-0.25, -0.2) is 0 Å². The van der Waals surface area contributed by atoms with Gasteiger partial charge in [0.05, 0.1) is 22.3 Å². The number of carboxylic acids is 1. The molecular weight excluding hydrogens is 310 g/mol. The molecule has 108 valence electrons. The van der Waals surface area contributed by atoms with Crippen LogP contribution in [0.4, 0.5) is 0 Å². The monoisotopic (exact) mass is 331 g/mol. The Kier molecular flexibility index (Phi) is 6.00. The number of hydrogen-bond donors (Lipinski definition) is 1. The molecule has 0 spiro atoms. The van der Waals surface area contributed by atoms with Crippen molar-refractivity contribution in [2.75, 3.05) is 6.54 Å². The number of halogens is 1. The molecule has 1 aromatic rings. The summed E-state index contributed by atoms with van der Waals surface area (Å²) in [6.45, 7) is 10.4. The number of nitrogens with zero attached hydrogens (tertiary/aromatic N) is 3. The lowest BCUT2D eigenvalue weighted by Crippen LogP contribution is -2.35. The zero-order valence-electron chi connectivity index (χ0n) is 12.0. The second kappa shape index (κ2) is 7.05. The summed E-state index contributed by atoms with van der Waals surface area (Å²) in [7, 11) is 0. The van der Waals surface area contributed by atoms with E-state index in [1.165, 1.54) is 0 Å². The first-order valence-corrected chi connectivity index (χ1v) is 7.37. The number of carbonyl (C=O) groups is 1. The first kappa shape index (κ1) is 16.2. The highest BCUT2D eigenvalue weighted by atomic mass is 79.9. The zero-order chi connectivity index (χ0) is 14.6. The van der Waals surface area contributed by atoms with Crippen molar-refractivity contribution >= 4 is 21.9 Å². The standard InChI is InChI=1S/C13H22BrN3O2/c1-5-16(9(3)7-12(18)19)8-11-13(14)10(4)15-17(11)6-2/h9H,5-8H2,1-4H3,(H,18,19). The van der Waals surface area contributed by atoms with E-state index in [9.17, 15) is 4.79 Å². The molecule has 1 N–H and O–H groups in total. The van der Waals surface area contributed by atoms with Crippen LogP contribution in [-0.2, 0) is 17.9 Å². The van der Waals surface area contributed by atoms with Crippen molar-refractivity contribution in [2.45, 2.75) is 53.2 Å². The fraction of sp³-hybridized carbons (Fsp3) is 0.692. The highest BCUT2D eigenvalue weighted by Crippen LogP contribution is 2.23. The fourth-order valence-corrected chi connectivity index (χ4v) is 2.58. The maximum atomic E-state index is 10.8. The van der Waals surface area contributed by atoms with Gasteiger partial charge in [-0.15, -0.1) is 0 Å². The third-order valence-corrected chi connectivity index (χ3v) is 4.34. The summed E-state index contributed by atoms with van der Waals surface area (Å²) in [6.07, 6.45) is 0.157. The molecule has 6 heteroatoms. The summed E-state index contributed by atoms with van der Waals surface area (Å²) in [4.78, 5) is 13.0. The van der Waals surface area contributed by atoms with E-state index < -0.39 is 5.97 Å². The molecule has 19 heavy (non-hydrogen) atoms. The van der Waals surface area contributed by atoms with E-state index in [4.69, 9.17) is 5.11 Å². The summed E-state index contributed by atoms with van der Waals surface area (Å²) >= 11 is 3.57. The predicted molar refractivity (Wildman–Crippen MR) is 78.1 cm³/mol. The van der Waals surface area contributed by atoms with E-state index in [1.807, 2.05) is 25.5 Å². The van der Waals surface area contributed by atoms with Gasteiger partial charge < -0.3 is 5.11 Å². The smallest absolute Gasteiger partial charge is 0.304 e. The SMILES string of the molecule is CCN(Cc1c(Br)c(C)nn1CC)C(C)CC(=O)O. The van der Waals surface area contributed by atoms with Gasteiger partial charge in [0, 0.05) is 19.1 Å². The first-order chi connectivity index (χ1) is 8.90. The van der Waals surface area contributed by atoms with Crippen LogP contribution in [0.5, 0.6) is 0 Å². The Labute approximate surface area is 122 Å². The number of hydrogen-bond acceptors (Lipinski definition) is 3. The molecule has 0 aromatic carbocycles. The molecule has 1 atom stereocenters. The second-order valence-electron chi connectivity index (χ2n) is 4.67. The average molecular weight is 332 g/mol. The normalized spacial score (nSPS) is 12.9. The highest BCUT2D eigenvalue weighted by molar-refractivity contribution is 9.10. The zero-order valence-corrected chi connectivity index (χ0v) is 13.6. The van der Waals surface area contributed by atoms with Gasteiger partial charge >= 0.3 is 5.97 Å². The van der Waals surface area contributed by atoms with E-state index in [0.717, 1.165) is 29.0 Å². The maximum Gasteiger partial charge on any atom is 0.304 e. The number of carboxylic acid groups (broad SMARTS) is 1. The van der Waals surface area contributed by atoms with Crippen LogP contribution in [0.15, 0.2) is 4.47 Å². The van der Waals surface area contributed by atoms with Gasteiger partial charge in [-0.2, -0.15) is 5.10 Å². The quantitative estimate of drug-likeness (QED) is 0.834. The van der Waals surface area contributed by atoms with Crippen molar-refractivity contribution in [3.05, 3.63) is 15.9 Å². The minimum atomic E-state index is -0.759. The van der Waals surface area contributed by atoms with Gasteiger partial charge in [-0.05, 0) is 43.2 Å². The van der Waals surface area contributed by atoms with Crippen LogP contribution in [0.25, 0.3) is 0 Å². The third kappa shape index (κ3) is 4.04. The molecule has 1 aromatic heterocycles. The summed E-state index contributed by atoms with van der Waals surface area (Å²) < 4.78 is 2.99. The number of rotatable bonds is 7. The largest absolute Gasteiger partial charge is 0.481 e. The number of aryl methyl sites for hydroxylation is 2. The van der Waals surface area contributed by atoms with Crippen LogP contribution in [0.2, 0.25) is 0 Å². The molecule has 0 aliphatic carbocycles. The molecule has 1 unspecified atom stereocenters. The molecule has 0 fully saturated rings. The van der Waals surface area contributed by atoms with E-state index >= 15 is 0 Å². The molecule has 1 heterocycles. The van der Waals surface area contributed by atoms with Gasteiger partial charge in [0.15, 0.2) is 0 Å². The predicted octanol–water partition coefficient (Wildman–Crippen LogP) is 2.66. The first-order valence-electron chi connectivity index (χ1n) is 6.58. The van der Waals surface area contributed by atoms with Gasteiger partial charge in [0.2, 0.25) is 0 Å². The molecular formula is C13H22BrN3O2. The fourth-order valence-electron chi connectivity index (χ4n) is 2.17. The average Bonchev–Trinajstić information content (AvgIpc) is 2.61. The molecule has 0 bridgehead atoms. The molecule has 0 saturated carbocycles. The number of aliphatic carboxylic acids is 1. The molecule has 0 radical (unpaired) electrons. The molecule has 1 rings (SSSR count). The van der Waals surface area contributed by atoms with E-state index in [1.54, 1.807) is 0 Å². The molecule has 0 amide bonds. The minimum absolute atomic E-state index is 0.00918. The summed E-state index contributed by atoms with van der Waals surface area (Å²) in [5.74, 6) is -0.759. The Morgan fingerprint density at radius 2 is 2.16 bits per heavy atom. The van der Waals surface area contributed by atoms with Gasteiger partial charge in [0.25, 0.3) is 0 Å². The van der Waals surface area contributed by atoms with Gasteiger partial charge in [0.1, 0.15) is 0 Å². The van der Waals surface area contributed by atoms with Crippen LogP contribution in [0.1, 0.15) is 38.6 Å². The van der Waals surface area contributed by atoms with Crippen molar-refractivity contribution < 1.29 is 9.90 Å². The van der Waals surface area contributed by atoms with Crippen LogP contribution in [0.3, 0.4) is 0 Å². The minimum Gasteiger partial charge on any atom is -0.481 e. The lowest BCUT2D eigenvalue weighted by molar-refractivity contribution is -0.138. The third-order valence-electron chi connectivity index (χ3n) is 3.31. The van der Waals surface area contributed by atoms with Crippen LogP contribution >= 0.6 is 15.9 Å². The Morgan fingerprint density at radius 1 is 1.53 bits per heavy atom. The topological polar surface area (TPSA) is 58.4 Å². The van der Waals surface area contributed by atoms with E-state index in [2.05, 4.69) is 32.9 Å². The van der Waals surface area contributed by atoms with Crippen molar-refractivity contribution in [3.63, 3.8) is 0 Å². The van der Waals surface area contributed by atoms with E-state index in [-0.39, 0.29) is 12.5 Å². The summed E-state index contributed by atoms with van der Waals surface area (Å²) in [5, 5.41) is 13.4. The molecule has 0 aliphatic rings. The van der Waals surface area contributed by atoms with Crippen molar-refractivity contribution in [1.29, 1.82) is 0 Å². The highest BCUT2D eigenvalue weighted by Gasteiger charge is 2.20. The Balaban J connectivity index is 2.89. The van der Waals surface area contributed by atoms with Crippen LogP contribution < -0.4 is 0 Å². The van der Waals surface area contributed by atoms with Crippen molar-refractivity contribution in [2.24, 2.45) is 0 Å². The van der Waals surface area contributed by atoms with Gasteiger partial charge in [-0.1, -0.05) is 6.92 Å². The van der Waals surface area contributed by atoms with E-state index in [0.29, 0.717) is 6.54 Å². The van der Waals surface area contributed by atoms with Crippen LogP contribution in [0, 0.1) is 6.92 Å². The molecule has 0 saturated heterocycles. The lowest BCUT2D eigenvalue weighted by atomic mass is 10.2. The Hall–Kier alpha value is -0.880.